The molecule has 3 aromatic rings. The van der Waals surface area contributed by atoms with Gasteiger partial charge >= 0.3 is 0 Å². The van der Waals surface area contributed by atoms with Gasteiger partial charge in [-0.05, 0) is 44.2 Å². The Labute approximate surface area is 203 Å². The lowest BCUT2D eigenvalue weighted by molar-refractivity contribution is 0.0974. The number of ether oxygens (including phenoxy) is 1. The highest BCUT2D eigenvalue weighted by Crippen LogP contribution is 2.43. The van der Waals surface area contributed by atoms with Crippen molar-refractivity contribution in [3.05, 3.63) is 35.3 Å². The van der Waals surface area contributed by atoms with E-state index in [0.29, 0.717) is 29.1 Å². The minimum absolute atomic E-state index is 0.0150. The first-order valence-corrected chi connectivity index (χ1v) is 12.2. The van der Waals surface area contributed by atoms with Crippen molar-refractivity contribution in [2.45, 2.75) is 51.2 Å². The van der Waals surface area contributed by atoms with E-state index in [1.807, 2.05) is 17.9 Å². The molecule has 10 heteroatoms. The number of benzene rings is 1. The van der Waals surface area contributed by atoms with Crippen molar-refractivity contribution in [2.24, 2.45) is 11.1 Å². The highest BCUT2D eigenvalue weighted by Gasteiger charge is 2.47. The maximum atomic E-state index is 15.0. The third-order valence-corrected chi connectivity index (χ3v) is 8.27. The zero-order chi connectivity index (χ0) is 24.3. The summed E-state index contributed by atoms with van der Waals surface area (Å²) < 4.78 is 20.9. The number of H-pyrrole nitrogens is 1. The second-order valence-electron chi connectivity index (χ2n) is 10.2. The maximum Gasteiger partial charge on any atom is 0.183 e. The SMILES string of the molecule is C[C@@H]1OCC2(CCN(c3cnc4c(N5CC[C@H](C)c6c5ccc(C#N)c6F)n[nH]c4n3)CC2)[C@@H]1N. The summed E-state index contributed by atoms with van der Waals surface area (Å²) >= 11 is 0. The zero-order valence-electron chi connectivity index (χ0n) is 20.0. The van der Waals surface area contributed by atoms with E-state index in [1.165, 1.54) is 6.07 Å². The molecule has 3 N–H and O–H groups in total. The predicted molar refractivity (Wildman–Crippen MR) is 130 cm³/mol. The molecule has 182 valence electrons. The molecule has 3 atom stereocenters. The van der Waals surface area contributed by atoms with Crippen LogP contribution in [0.1, 0.15) is 50.2 Å². The summed E-state index contributed by atoms with van der Waals surface area (Å²) in [6, 6.07) is 5.35. The Hall–Kier alpha value is -3.29. The molecule has 0 amide bonds. The molecule has 2 saturated heterocycles. The van der Waals surface area contributed by atoms with Crippen molar-refractivity contribution in [1.29, 1.82) is 5.26 Å². The van der Waals surface area contributed by atoms with Crippen LogP contribution in [0.25, 0.3) is 11.2 Å². The van der Waals surface area contributed by atoms with Crippen molar-refractivity contribution in [3.8, 4) is 6.07 Å². The number of halogens is 1. The Kier molecular flexibility index (Phi) is 5.16. The Balaban J connectivity index is 1.28. The number of aromatic amines is 1. The van der Waals surface area contributed by atoms with Gasteiger partial charge in [-0.1, -0.05) is 6.92 Å². The van der Waals surface area contributed by atoms with Crippen LogP contribution in [0.3, 0.4) is 0 Å². The standard InChI is InChI=1S/C25H29FN8O/c1-14-5-8-34(17-4-3-16(11-27)20(26)19(14)17)24-21-23(31-32-24)30-18(12-29-21)33-9-6-25(7-10-33)13-35-15(2)22(25)28/h3-4,12,14-15,22H,5-10,13,28H2,1-2H3,(H,30,31,32)/t14-,15-,22+/m0/s1. The normalized spacial score (nSPS) is 25.7. The molecule has 0 aliphatic carbocycles. The molecular formula is C25H29FN8O. The zero-order valence-corrected chi connectivity index (χ0v) is 20.0. The molecule has 1 aromatic carbocycles. The van der Waals surface area contributed by atoms with Crippen molar-refractivity contribution in [2.75, 3.05) is 36.0 Å². The molecule has 3 aliphatic heterocycles. The van der Waals surface area contributed by atoms with Crippen LogP contribution < -0.4 is 15.5 Å². The summed E-state index contributed by atoms with van der Waals surface area (Å²) in [5.74, 6) is 0.999. The number of hydrogen-bond donors (Lipinski definition) is 2. The summed E-state index contributed by atoms with van der Waals surface area (Å²) in [6.07, 6.45) is 4.57. The second kappa shape index (κ2) is 8.14. The van der Waals surface area contributed by atoms with Gasteiger partial charge in [-0.25, -0.2) is 14.4 Å². The van der Waals surface area contributed by atoms with Gasteiger partial charge in [0.1, 0.15) is 17.7 Å². The van der Waals surface area contributed by atoms with Crippen LogP contribution in [-0.2, 0) is 4.74 Å². The highest BCUT2D eigenvalue weighted by atomic mass is 19.1. The van der Waals surface area contributed by atoms with E-state index in [2.05, 4.69) is 22.0 Å². The van der Waals surface area contributed by atoms with Crippen LogP contribution >= 0.6 is 0 Å². The Morgan fingerprint density at radius 2 is 2.06 bits per heavy atom. The summed E-state index contributed by atoms with van der Waals surface area (Å²) in [6.45, 7) is 7.15. The van der Waals surface area contributed by atoms with E-state index < -0.39 is 5.82 Å². The number of fused-ring (bicyclic) bond motifs is 2. The Bertz CT molecular complexity index is 1320. The van der Waals surface area contributed by atoms with Gasteiger partial charge in [0.15, 0.2) is 17.0 Å². The van der Waals surface area contributed by atoms with Gasteiger partial charge in [-0.15, -0.1) is 0 Å². The first-order valence-electron chi connectivity index (χ1n) is 12.2. The molecule has 2 fully saturated rings. The highest BCUT2D eigenvalue weighted by molar-refractivity contribution is 5.88. The fourth-order valence-corrected chi connectivity index (χ4v) is 5.96. The number of hydrogen-bond acceptors (Lipinski definition) is 8. The summed E-state index contributed by atoms with van der Waals surface area (Å²) in [5.41, 5.74) is 9.10. The van der Waals surface area contributed by atoms with Gasteiger partial charge in [-0.3, -0.25) is 5.10 Å². The Morgan fingerprint density at radius 1 is 1.26 bits per heavy atom. The number of aromatic nitrogens is 4. The number of nitriles is 1. The third kappa shape index (κ3) is 3.37. The van der Waals surface area contributed by atoms with E-state index in [4.69, 9.17) is 20.4 Å². The lowest BCUT2D eigenvalue weighted by Crippen LogP contribution is -2.50. The molecule has 6 rings (SSSR count). The average Bonchev–Trinajstić information content (AvgIpc) is 3.41. The first kappa shape index (κ1) is 22.2. The monoisotopic (exact) mass is 476 g/mol. The largest absolute Gasteiger partial charge is 0.376 e. The topological polar surface area (TPSA) is 120 Å². The van der Waals surface area contributed by atoms with Crippen molar-refractivity contribution in [3.63, 3.8) is 0 Å². The molecule has 5 heterocycles. The lowest BCUT2D eigenvalue weighted by Gasteiger charge is -2.41. The van der Waals surface area contributed by atoms with Gasteiger partial charge in [0, 0.05) is 42.3 Å². The number of nitrogens with two attached hydrogens (primary N) is 1. The van der Waals surface area contributed by atoms with Gasteiger partial charge in [-0.2, -0.15) is 10.4 Å². The van der Waals surface area contributed by atoms with Gasteiger partial charge < -0.3 is 20.3 Å². The van der Waals surface area contributed by atoms with Crippen LogP contribution in [0.2, 0.25) is 0 Å². The predicted octanol–water partition coefficient (Wildman–Crippen LogP) is 3.34. The van der Waals surface area contributed by atoms with E-state index in [1.54, 1.807) is 12.3 Å². The quantitative estimate of drug-likeness (QED) is 0.578. The van der Waals surface area contributed by atoms with Gasteiger partial charge in [0.25, 0.3) is 0 Å². The smallest absolute Gasteiger partial charge is 0.183 e. The minimum Gasteiger partial charge on any atom is -0.376 e. The maximum absolute atomic E-state index is 15.0. The molecule has 0 radical (unpaired) electrons. The summed E-state index contributed by atoms with van der Waals surface area (Å²) in [5, 5.41) is 16.8. The van der Waals surface area contributed by atoms with E-state index in [0.717, 1.165) is 50.5 Å². The molecule has 1 spiro atoms. The van der Waals surface area contributed by atoms with Crippen LogP contribution in [0, 0.1) is 22.6 Å². The number of nitrogens with one attached hydrogen (secondary N) is 1. The number of anilines is 3. The molecule has 3 aliphatic rings. The number of piperidine rings is 1. The average molecular weight is 477 g/mol. The molecule has 0 bridgehead atoms. The fraction of sp³-hybridized carbons (Fsp3) is 0.520. The van der Waals surface area contributed by atoms with Gasteiger partial charge in [0.05, 0.1) is 24.5 Å². The van der Waals surface area contributed by atoms with E-state index in [-0.39, 0.29) is 29.0 Å². The number of rotatable bonds is 2. The minimum atomic E-state index is -0.444. The number of nitrogens with zero attached hydrogens (tertiary/aromatic N) is 6. The second-order valence-corrected chi connectivity index (χ2v) is 10.2. The molecular weight excluding hydrogens is 447 g/mol. The van der Waals surface area contributed by atoms with Crippen LogP contribution in [0.15, 0.2) is 18.3 Å². The van der Waals surface area contributed by atoms with Crippen LogP contribution in [0.4, 0.5) is 21.7 Å². The first-order chi connectivity index (χ1) is 16.9. The molecule has 9 nitrogen and oxygen atoms in total. The summed E-state index contributed by atoms with van der Waals surface area (Å²) in [7, 11) is 0. The van der Waals surface area contributed by atoms with Crippen molar-refractivity contribution in [1.82, 2.24) is 20.2 Å². The van der Waals surface area contributed by atoms with E-state index >= 15 is 4.39 Å². The van der Waals surface area contributed by atoms with E-state index in [9.17, 15) is 5.26 Å². The van der Waals surface area contributed by atoms with Gasteiger partial charge in [0.2, 0.25) is 0 Å². The molecule has 2 aromatic heterocycles. The fourth-order valence-electron chi connectivity index (χ4n) is 5.96. The van der Waals surface area contributed by atoms with Crippen LogP contribution in [0.5, 0.6) is 0 Å². The third-order valence-electron chi connectivity index (χ3n) is 8.27. The van der Waals surface area contributed by atoms with Crippen molar-refractivity contribution < 1.29 is 9.13 Å². The van der Waals surface area contributed by atoms with Crippen LogP contribution in [-0.4, -0.2) is 58.6 Å². The Morgan fingerprint density at radius 3 is 2.77 bits per heavy atom. The molecule has 0 saturated carbocycles. The molecule has 35 heavy (non-hydrogen) atoms. The summed E-state index contributed by atoms with van der Waals surface area (Å²) in [4.78, 5) is 13.8. The molecule has 0 unspecified atom stereocenters. The lowest BCUT2D eigenvalue weighted by atomic mass is 9.73. The van der Waals surface area contributed by atoms with Crippen molar-refractivity contribution >= 4 is 28.5 Å².